The molecule has 0 bridgehead atoms. The van der Waals surface area contributed by atoms with E-state index in [4.69, 9.17) is 11.6 Å². The molecule has 0 aliphatic carbocycles. The monoisotopic (exact) mass is 455 g/mol. The van der Waals surface area contributed by atoms with Crippen LogP contribution in [0.3, 0.4) is 0 Å². The molecule has 4 rings (SSSR count). The zero-order valence-electron chi connectivity index (χ0n) is 14.5. The van der Waals surface area contributed by atoms with E-state index in [1.54, 1.807) is 47.4 Å². The number of nitrogens with zero attached hydrogens (tertiary/aromatic N) is 3. The van der Waals surface area contributed by atoms with Crippen molar-refractivity contribution in [1.29, 1.82) is 0 Å². The third-order valence-electron chi connectivity index (χ3n) is 4.32. The van der Waals surface area contributed by atoms with Gasteiger partial charge < -0.3 is 15.1 Å². The summed E-state index contributed by atoms with van der Waals surface area (Å²) in [6.07, 6.45) is -0.987. The standard InChI is InChI=1S/C21H15BrClN3O2/c22-19-20(25-24-14-8-6-13(23)7-9-14)17-12-16(27)10-11-18(17)26(21(19)28)15-4-2-1-3-5-15/h1-12,21,27-28H. The number of para-hydroxylation sites is 1. The van der Waals surface area contributed by atoms with Gasteiger partial charge in [0.05, 0.1) is 15.9 Å². The summed E-state index contributed by atoms with van der Waals surface area (Å²) in [4.78, 5) is 1.76. The molecule has 0 saturated carbocycles. The van der Waals surface area contributed by atoms with Gasteiger partial charge in [0.2, 0.25) is 0 Å². The third kappa shape index (κ3) is 3.54. The third-order valence-corrected chi connectivity index (χ3v) is 5.36. The summed E-state index contributed by atoms with van der Waals surface area (Å²) in [7, 11) is 0. The van der Waals surface area contributed by atoms with Gasteiger partial charge in [-0.15, -0.1) is 5.11 Å². The molecule has 1 aliphatic rings. The average Bonchev–Trinajstić information content (AvgIpc) is 2.71. The Bertz CT molecular complexity index is 1070. The molecule has 3 aromatic rings. The number of halogens is 2. The number of hydrogen-bond acceptors (Lipinski definition) is 5. The Morgan fingerprint density at radius 1 is 0.929 bits per heavy atom. The number of rotatable bonds is 3. The normalized spacial score (nSPS) is 16.5. The summed E-state index contributed by atoms with van der Waals surface area (Å²) in [5.41, 5.74) is 3.25. The van der Waals surface area contributed by atoms with Crippen LogP contribution in [0, 0.1) is 0 Å². The Kier molecular flexibility index (Phi) is 5.17. The summed E-state index contributed by atoms with van der Waals surface area (Å²) in [6, 6.07) is 21.4. The highest BCUT2D eigenvalue weighted by Crippen LogP contribution is 2.45. The zero-order chi connectivity index (χ0) is 19.7. The fourth-order valence-corrected chi connectivity index (χ4v) is 3.63. The molecule has 0 aromatic heterocycles. The predicted molar refractivity (Wildman–Crippen MR) is 115 cm³/mol. The molecule has 28 heavy (non-hydrogen) atoms. The van der Waals surface area contributed by atoms with Gasteiger partial charge in [-0.05, 0) is 70.5 Å². The van der Waals surface area contributed by atoms with Crippen LogP contribution in [0.5, 0.6) is 5.75 Å². The second-order valence-electron chi connectivity index (χ2n) is 6.15. The largest absolute Gasteiger partial charge is 0.508 e. The van der Waals surface area contributed by atoms with Crippen molar-refractivity contribution in [1.82, 2.24) is 0 Å². The molecule has 140 valence electrons. The van der Waals surface area contributed by atoms with E-state index >= 15 is 0 Å². The number of anilines is 2. The van der Waals surface area contributed by atoms with E-state index in [-0.39, 0.29) is 5.75 Å². The quantitative estimate of drug-likeness (QED) is 0.450. The first-order valence-electron chi connectivity index (χ1n) is 8.47. The molecule has 0 saturated heterocycles. The second-order valence-corrected chi connectivity index (χ2v) is 7.44. The first-order chi connectivity index (χ1) is 13.5. The lowest BCUT2D eigenvalue weighted by Crippen LogP contribution is -2.34. The molecule has 0 radical (unpaired) electrons. The van der Waals surface area contributed by atoms with Gasteiger partial charge in [0, 0.05) is 16.3 Å². The highest BCUT2D eigenvalue weighted by molar-refractivity contribution is 9.11. The summed E-state index contributed by atoms with van der Waals surface area (Å²) in [5, 5.41) is 30.2. The SMILES string of the molecule is Oc1ccc2c(c1)C(N=Nc1ccc(Cl)cc1)=C(Br)C(O)N2c1ccccc1. The van der Waals surface area contributed by atoms with Gasteiger partial charge in [0.1, 0.15) is 11.4 Å². The van der Waals surface area contributed by atoms with Crippen LogP contribution in [-0.2, 0) is 0 Å². The molecule has 0 fully saturated rings. The zero-order valence-corrected chi connectivity index (χ0v) is 16.8. The van der Waals surface area contributed by atoms with Crippen LogP contribution in [0.25, 0.3) is 5.70 Å². The molecule has 7 heteroatoms. The molecule has 3 aromatic carbocycles. The van der Waals surface area contributed by atoms with Crippen LogP contribution < -0.4 is 4.90 Å². The number of hydrogen-bond donors (Lipinski definition) is 2. The molecule has 1 aliphatic heterocycles. The number of aliphatic hydroxyl groups excluding tert-OH is 1. The van der Waals surface area contributed by atoms with Gasteiger partial charge >= 0.3 is 0 Å². The first-order valence-corrected chi connectivity index (χ1v) is 9.64. The first kappa shape index (κ1) is 18.7. The number of phenols is 1. The van der Waals surface area contributed by atoms with E-state index in [0.717, 1.165) is 5.69 Å². The average molecular weight is 457 g/mol. The Labute approximate surface area is 175 Å². The van der Waals surface area contributed by atoms with Crippen molar-refractivity contribution >= 4 is 50.3 Å². The number of phenolic OH excluding ortho intramolecular Hbond substituents is 1. The van der Waals surface area contributed by atoms with Crippen LogP contribution in [0.2, 0.25) is 5.02 Å². The van der Waals surface area contributed by atoms with E-state index in [1.165, 1.54) is 0 Å². The molecule has 5 nitrogen and oxygen atoms in total. The van der Waals surface area contributed by atoms with Crippen molar-refractivity contribution in [3.05, 3.63) is 87.9 Å². The maximum absolute atomic E-state index is 11.0. The molecular weight excluding hydrogens is 442 g/mol. The summed E-state index contributed by atoms with van der Waals surface area (Å²) in [6.45, 7) is 0. The molecule has 1 unspecified atom stereocenters. The van der Waals surface area contributed by atoms with Crippen LogP contribution in [0.4, 0.5) is 17.1 Å². The van der Waals surface area contributed by atoms with Crippen molar-refractivity contribution in [2.45, 2.75) is 6.23 Å². The van der Waals surface area contributed by atoms with Crippen molar-refractivity contribution in [3.8, 4) is 5.75 Å². The van der Waals surface area contributed by atoms with Gasteiger partial charge in [0.15, 0.2) is 6.23 Å². The Morgan fingerprint density at radius 2 is 1.64 bits per heavy atom. The number of benzene rings is 3. The minimum absolute atomic E-state index is 0.0997. The van der Waals surface area contributed by atoms with E-state index in [1.807, 2.05) is 30.3 Å². The van der Waals surface area contributed by atoms with Crippen molar-refractivity contribution < 1.29 is 10.2 Å². The van der Waals surface area contributed by atoms with Crippen LogP contribution >= 0.6 is 27.5 Å². The van der Waals surface area contributed by atoms with Gasteiger partial charge in [-0.3, -0.25) is 0 Å². The van der Waals surface area contributed by atoms with Crippen molar-refractivity contribution in [3.63, 3.8) is 0 Å². The maximum atomic E-state index is 11.0. The Balaban J connectivity index is 1.82. The lowest BCUT2D eigenvalue weighted by Gasteiger charge is -2.35. The lowest BCUT2D eigenvalue weighted by molar-refractivity contribution is 0.225. The number of aliphatic hydroxyl groups is 1. The topological polar surface area (TPSA) is 68.4 Å². The fraction of sp³-hybridized carbons (Fsp3) is 0.0476. The number of aromatic hydroxyl groups is 1. The van der Waals surface area contributed by atoms with Crippen molar-refractivity contribution in [2.24, 2.45) is 10.2 Å². The molecule has 0 amide bonds. The number of fused-ring (bicyclic) bond motifs is 1. The summed E-state index contributed by atoms with van der Waals surface area (Å²) < 4.78 is 0.451. The molecule has 2 N–H and O–H groups in total. The number of azo groups is 1. The smallest absolute Gasteiger partial charge is 0.166 e. The molecule has 1 heterocycles. The summed E-state index contributed by atoms with van der Waals surface area (Å²) in [5.74, 6) is 0.0997. The summed E-state index contributed by atoms with van der Waals surface area (Å²) >= 11 is 9.37. The van der Waals surface area contributed by atoms with Crippen LogP contribution in [0.15, 0.2) is 87.5 Å². The Hall–Kier alpha value is -2.67. The van der Waals surface area contributed by atoms with Crippen molar-refractivity contribution in [2.75, 3.05) is 4.90 Å². The van der Waals surface area contributed by atoms with E-state index in [0.29, 0.717) is 32.1 Å². The highest BCUT2D eigenvalue weighted by atomic mass is 79.9. The fourth-order valence-electron chi connectivity index (χ4n) is 3.01. The Morgan fingerprint density at radius 3 is 2.36 bits per heavy atom. The predicted octanol–water partition coefficient (Wildman–Crippen LogP) is 6.36. The minimum atomic E-state index is -0.987. The minimum Gasteiger partial charge on any atom is -0.508 e. The van der Waals surface area contributed by atoms with Crippen LogP contribution in [0.1, 0.15) is 5.56 Å². The van der Waals surface area contributed by atoms with E-state index < -0.39 is 6.23 Å². The molecule has 0 spiro atoms. The highest BCUT2D eigenvalue weighted by Gasteiger charge is 2.32. The van der Waals surface area contributed by atoms with E-state index in [9.17, 15) is 10.2 Å². The van der Waals surface area contributed by atoms with Gasteiger partial charge in [-0.1, -0.05) is 29.8 Å². The molecule has 1 atom stereocenters. The van der Waals surface area contributed by atoms with Crippen LogP contribution in [-0.4, -0.2) is 16.4 Å². The maximum Gasteiger partial charge on any atom is 0.166 e. The van der Waals surface area contributed by atoms with Gasteiger partial charge in [0.25, 0.3) is 0 Å². The van der Waals surface area contributed by atoms with Gasteiger partial charge in [-0.2, -0.15) is 5.11 Å². The second kappa shape index (κ2) is 7.75. The van der Waals surface area contributed by atoms with Gasteiger partial charge in [-0.25, -0.2) is 0 Å². The van der Waals surface area contributed by atoms with E-state index in [2.05, 4.69) is 26.2 Å². The lowest BCUT2D eigenvalue weighted by atomic mass is 10.0. The molecular formula is C21H15BrClN3O2.